The van der Waals surface area contributed by atoms with E-state index in [1.807, 2.05) is 6.07 Å². The molecule has 3 rings (SSSR count). The summed E-state index contributed by atoms with van der Waals surface area (Å²) in [6.07, 6.45) is 0. The average Bonchev–Trinajstić information content (AvgIpc) is 2.89. The predicted molar refractivity (Wildman–Crippen MR) is 79.6 cm³/mol. The van der Waals surface area contributed by atoms with Gasteiger partial charge < -0.3 is 4.98 Å². The number of primary sulfonamides is 1. The van der Waals surface area contributed by atoms with Crippen molar-refractivity contribution in [3.63, 3.8) is 0 Å². The Kier molecular flexibility index (Phi) is 3.15. The molecule has 9 heteroatoms. The van der Waals surface area contributed by atoms with Crippen molar-refractivity contribution in [2.45, 2.75) is 4.90 Å². The van der Waals surface area contributed by atoms with Crippen molar-refractivity contribution >= 4 is 26.7 Å². The van der Waals surface area contributed by atoms with Gasteiger partial charge in [0.15, 0.2) is 0 Å². The SMILES string of the molecule is NS(=O)(=O)c1cc([N+](=O)[O-])cc2[nH]c(-c3ccccc3)nc12. The van der Waals surface area contributed by atoms with Crippen molar-refractivity contribution in [1.82, 2.24) is 9.97 Å². The zero-order valence-corrected chi connectivity index (χ0v) is 11.9. The molecule has 0 unspecified atom stereocenters. The Bertz CT molecular complexity index is 980. The Morgan fingerprint density at radius 3 is 2.45 bits per heavy atom. The molecule has 0 aliphatic carbocycles. The molecule has 0 radical (unpaired) electrons. The molecule has 8 nitrogen and oxygen atoms in total. The van der Waals surface area contributed by atoms with Gasteiger partial charge in [0, 0.05) is 17.7 Å². The summed E-state index contributed by atoms with van der Waals surface area (Å²) in [5.74, 6) is 0.404. The van der Waals surface area contributed by atoms with Crippen LogP contribution in [0.5, 0.6) is 0 Å². The van der Waals surface area contributed by atoms with Crippen molar-refractivity contribution in [3.8, 4) is 11.4 Å². The van der Waals surface area contributed by atoms with Crippen molar-refractivity contribution in [3.05, 3.63) is 52.6 Å². The molecule has 0 aliphatic heterocycles. The third kappa shape index (κ3) is 2.43. The van der Waals surface area contributed by atoms with Gasteiger partial charge >= 0.3 is 0 Å². The van der Waals surface area contributed by atoms with Crippen LogP contribution >= 0.6 is 0 Å². The van der Waals surface area contributed by atoms with Crippen molar-refractivity contribution in [2.24, 2.45) is 5.14 Å². The van der Waals surface area contributed by atoms with Gasteiger partial charge in [0.05, 0.1) is 10.4 Å². The number of imidazole rings is 1. The molecule has 0 aliphatic rings. The Morgan fingerprint density at radius 2 is 1.86 bits per heavy atom. The van der Waals surface area contributed by atoms with Crippen molar-refractivity contribution < 1.29 is 13.3 Å². The molecule has 0 saturated carbocycles. The van der Waals surface area contributed by atoms with Crippen molar-refractivity contribution in [2.75, 3.05) is 0 Å². The maximum Gasteiger partial charge on any atom is 0.273 e. The molecular weight excluding hydrogens is 308 g/mol. The Hall–Kier alpha value is -2.78. The molecule has 3 aromatic rings. The maximum absolute atomic E-state index is 11.7. The van der Waals surface area contributed by atoms with E-state index >= 15 is 0 Å². The van der Waals surface area contributed by atoms with Crippen LogP contribution in [0.1, 0.15) is 0 Å². The summed E-state index contributed by atoms with van der Waals surface area (Å²) >= 11 is 0. The number of hydrogen-bond acceptors (Lipinski definition) is 5. The first-order valence-electron chi connectivity index (χ1n) is 6.12. The fourth-order valence-corrected chi connectivity index (χ4v) is 2.84. The third-order valence-corrected chi connectivity index (χ3v) is 4.03. The van der Waals surface area contributed by atoms with E-state index in [1.165, 1.54) is 6.07 Å². The first-order chi connectivity index (χ1) is 10.4. The summed E-state index contributed by atoms with van der Waals surface area (Å²) in [6.45, 7) is 0. The highest BCUT2D eigenvalue weighted by Crippen LogP contribution is 2.29. The van der Waals surface area contributed by atoms with Crippen LogP contribution in [-0.4, -0.2) is 23.3 Å². The number of nitrogens with zero attached hydrogens (tertiary/aromatic N) is 2. The summed E-state index contributed by atoms with van der Waals surface area (Å²) in [7, 11) is -4.14. The van der Waals surface area contributed by atoms with Gasteiger partial charge in [0.2, 0.25) is 10.0 Å². The third-order valence-electron chi connectivity index (χ3n) is 3.10. The number of rotatable bonds is 3. The highest BCUT2D eigenvalue weighted by Gasteiger charge is 2.22. The first kappa shape index (κ1) is 14.2. The van der Waals surface area contributed by atoms with Crippen LogP contribution in [0.3, 0.4) is 0 Å². The van der Waals surface area contributed by atoms with Crippen LogP contribution in [-0.2, 0) is 10.0 Å². The molecule has 0 bridgehead atoms. The largest absolute Gasteiger partial charge is 0.338 e. The number of aromatic amines is 1. The number of aromatic nitrogens is 2. The Balaban J connectivity index is 2.33. The first-order valence-corrected chi connectivity index (χ1v) is 7.67. The van der Waals surface area contributed by atoms with Gasteiger partial charge in [0.25, 0.3) is 5.69 Å². The summed E-state index contributed by atoms with van der Waals surface area (Å²) in [6, 6.07) is 11.1. The molecule has 1 heterocycles. The number of nitrogens with one attached hydrogen (secondary N) is 1. The lowest BCUT2D eigenvalue weighted by Gasteiger charge is -1.99. The van der Waals surface area contributed by atoms with Crippen LogP contribution in [0.2, 0.25) is 0 Å². The summed E-state index contributed by atoms with van der Waals surface area (Å²) in [5, 5.41) is 16.1. The molecule has 0 atom stereocenters. The van der Waals surface area contributed by atoms with Gasteiger partial charge in [-0.25, -0.2) is 18.5 Å². The molecule has 0 spiro atoms. The highest BCUT2D eigenvalue weighted by atomic mass is 32.2. The van der Waals surface area contributed by atoms with Crippen molar-refractivity contribution in [1.29, 1.82) is 0 Å². The van der Waals surface area contributed by atoms with Gasteiger partial charge in [-0.05, 0) is 0 Å². The fourth-order valence-electron chi connectivity index (χ4n) is 2.13. The van der Waals surface area contributed by atoms with E-state index in [9.17, 15) is 18.5 Å². The summed E-state index contributed by atoms with van der Waals surface area (Å²) in [4.78, 5) is 17.0. The van der Waals surface area contributed by atoms with Crippen LogP contribution in [0, 0.1) is 10.1 Å². The predicted octanol–water partition coefficient (Wildman–Crippen LogP) is 1.79. The maximum atomic E-state index is 11.7. The quantitative estimate of drug-likeness (QED) is 0.561. The number of non-ortho nitro benzene ring substituents is 1. The second kappa shape index (κ2) is 4.90. The van der Waals surface area contributed by atoms with Gasteiger partial charge in [-0.3, -0.25) is 10.1 Å². The summed E-state index contributed by atoms with van der Waals surface area (Å²) < 4.78 is 23.3. The molecule has 3 N–H and O–H groups in total. The molecule has 112 valence electrons. The van der Waals surface area contributed by atoms with E-state index in [4.69, 9.17) is 5.14 Å². The Labute approximate surface area is 124 Å². The number of nitro benzene ring substituents is 1. The van der Waals surface area contributed by atoms with E-state index in [1.54, 1.807) is 24.3 Å². The number of nitro groups is 1. The summed E-state index contributed by atoms with van der Waals surface area (Å²) in [5.41, 5.74) is 0.658. The van der Waals surface area contributed by atoms with E-state index in [-0.39, 0.29) is 21.6 Å². The number of fused-ring (bicyclic) bond motifs is 1. The molecule has 0 saturated heterocycles. The minimum Gasteiger partial charge on any atom is -0.338 e. The van der Waals surface area contributed by atoms with Gasteiger partial charge in [-0.1, -0.05) is 30.3 Å². The lowest BCUT2D eigenvalue weighted by atomic mass is 10.2. The zero-order chi connectivity index (χ0) is 15.9. The number of H-pyrrole nitrogens is 1. The molecule has 0 fully saturated rings. The lowest BCUT2D eigenvalue weighted by molar-refractivity contribution is -0.384. The van der Waals surface area contributed by atoms with Gasteiger partial charge in [-0.2, -0.15) is 0 Å². The number of hydrogen-bond donors (Lipinski definition) is 2. The van der Waals surface area contributed by atoms with E-state index in [0.717, 1.165) is 11.6 Å². The van der Waals surface area contributed by atoms with Crippen LogP contribution < -0.4 is 5.14 Å². The zero-order valence-electron chi connectivity index (χ0n) is 11.1. The van der Waals surface area contributed by atoms with Crippen LogP contribution in [0.4, 0.5) is 5.69 Å². The molecule has 1 aromatic heterocycles. The molecule has 22 heavy (non-hydrogen) atoms. The molecular formula is C13H10N4O4S. The number of benzene rings is 2. The topological polar surface area (TPSA) is 132 Å². The fraction of sp³-hybridized carbons (Fsp3) is 0. The minimum atomic E-state index is -4.14. The number of sulfonamides is 1. The van der Waals surface area contributed by atoms with Crippen LogP contribution in [0.15, 0.2) is 47.4 Å². The van der Waals surface area contributed by atoms with Crippen LogP contribution in [0.25, 0.3) is 22.4 Å². The highest BCUT2D eigenvalue weighted by molar-refractivity contribution is 7.89. The average molecular weight is 318 g/mol. The minimum absolute atomic E-state index is 0.0759. The van der Waals surface area contributed by atoms with E-state index in [2.05, 4.69) is 9.97 Å². The van der Waals surface area contributed by atoms with E-state index in [0.29, 0.717) is 5.82 Å². The standard InChI is InChI=1S/C13H10N4O4S/c14-22(20,21)11-7-9(17(18)19)6-10-12(11)16-13(15-10)8-4-2-1-3-5-8/h1-7H,(H,15,16)(H2,14,20,21). The monoisotopic (exact) mass is 318 g/mol. The van der Waals surface area contributed by atoms with Gasteiger partial charge in [0.1, 0.15) is 16.2 Å². The molecule has 2 aromatic carbocycles. The molecule has 0 amide bonds. The lowest BCUT2D eigenvalue weighted by Crippen LogP contribution is -2.13. The normalized spacial score (nSPS) is 11.7. The van der Waals surface area contributed by atoms with E-state index < -0.39 is 14.9 Å². The van der Waals surface area contributed by atoms with Gasteiger partial charge in [-0.15, -0.1) is 0 Å². The number of nitrogens with two attached hydrogens (primary N) is 1. The second-order valence-corrected chi connectivity index (χ2v) is 6.12. The smallest absolute Gasteiger partial charge is 0.273 e. The Morgan fingerprint density at radius 1 is 1.18 bits per heavy atom. The second-order valence-electron chi connectivity index (χ2n) is 4.59.